The van der Waals surface area contributed by atoms with Gasteiger partial charge in [-0.2, -0.15) is 5.26 Å². The van der Waals surface area contributed by atoms with Crippen LogP contribution in [0.4, 0.5) is 0 Å². The monoisotopic (exact) mass is 386 g/mol. The van der Waals surface area contributed by atoms with Crippen molar-refractivity contribution in [1.82, 2.24) is 5.06 Å². The summed E-state index contributed by atoms with van der Waals surface area (Å²) < 4.78 is 0. The molecule has 1 atom stereocenters. The minimum absolute atomic E-state index is 0.0681. The molecular formula is C19H18N2O7. The van der Waals surface area contributed by atoms with Gasteiger partial charge in [0, 0.05) is 25.5 Å². The molecule has 2 aromatic carbocycles. The van der Waals surface area contributed by atoms with Gasteiger partial charge in [0.05, 0.1) is 11.6 Å². The Kier molecular flexibility index (Phi) is 5.88. The molecule has 1 unspecified atom stereocenters. The average Bonchev–Trinajstić information content (AvgIpc) is 2.65. The Morgan fingerprint density at radius 2 is 1.68 bits per heavy atom. The fourth-order valence-electron chi connectivity index (χ4n) is 2.75. The Bertz CT molecular complexity index is 948. The minimum Gasteiger partial charge on any atom is -0.504 e. The quantitative estimate of drug-likeness (QED) is 0.212. The van der Waals surface area contributed by atoms with Gasteiger partial charge in [0.25, 0.3) is 0 Å². The van der Waals surface area contributed by atoms with Gasteiger partial charge in [-0.1, -0.05) is 12.1 Å². The molecule has 0 heterocycles. The van der Waals surface area contributed by atoms with Gasteiger partial charge >= 0.3 is 5.91 Å². The van der Waals surface area contributed by atoms with E-state index in [4.69, 9.17) is 10.5 Å². The summed E-state index contributed by atoms with van der Waals surface area (Å²) in [5, 5.41) is 58.7. The normalized spacial score (nSPS) is 12.6. The van der Waals surface area contributed by atoms with E-state index in [1.165, 1.54) is 24.3 Å². The van der Waals surface area contributed by atoms with Crippen LogP contribution in [0.5, 0.6) is 17.2 Å². The fourth-order valence-corrected chi connectivity index (χ4v) is 2.75. The smallest absolute Gasteiger partial charge is 0.313 e. The van der Waals surface area contributed by atoms with Crippen molar-refractivity contribution >= 4 is 11.7 Å². The first kappa shape index (κ1) is 20.7. The Balaban J connectivity index is 2.51. The zero-order valence-electron chi connectivity index (χ0n) is 14.8. The lowest BCUT2D eigenvalue weighted by molar-refractivity contribution is -0.167. The molecule has 9 nitrogen and oxygen atoms in total. The molecular weight excluding hydrogens is 368 g/mol. The van der Waals surface area contributed by atoms with Crippen LogP contribution in [0.2, 0.25) is 0 Å². The molecule has 0 saturated carbocycles. The molecule has 1 amide bonds. The third-order valence-electron chi connectivity index (χ3n) is 4.20. The number of amides is 1. The molecule has 0 aliphatic rings. The van der Waals surface area contributed by atoms with E-state index >= 15 is 0 Å². The topological polar surface area (TPSA) is 162 Å². The van der Waals surface area contributed by atoms with E-state index in [0.29, 0.717) is 11.1 Å². The zero-order chi connectivity index (χ0) is 21.1. The van der Waals surface area contributed by atoms with E-state index in [-0.39, 0.29) is 17.0 Å². The van der Waals surface area contributed by atoms with Crippen LogP contribution in [-0.2, 0) is 21.6 Å². The first-order chi connectivity index (χ1) is 13.1. The third kappa shape index (κ3) is 4.20. The van der Waals surface area contributed by atoms with Crippen molar-refractivity contribution in [2.24, 2.45) is 0 Å². The highest BCUT2D eigenvalue weighted by Gasteiger charge is 2.38. The molecule has 0 bridgehead atoms. The summed E-state index contributed by atoms with van der Waals surface area (Å²) in [7, 11) is 0.948. The number of ketones is 1. The SMILES string of the molecule is CN(O)C(=O)C(=O)CC(O)(Cc1ccc(C#N)cc1)c1ccc(O)c(O)c1O. The molecule has 5 N–H and O–H groups in total. The molecule has 2 rings (SSSR count). The average molecular weight is 386 g/mol. The fraction of sp³-hybridized carbons (Fsp3) is 0.211. The van der Waals surface area contributed by atoms with Gasteiger partial charge in [-0.15, -0.1) is 0 Å². The van der Waals surface area contributed by atoms with Gasteiger partial charge in [-0.05, 0) is 29.8 Å². The van der Waals surface area contributed by atoms with Crippen molar-refractivity contribution in [3.05, 3.63) is 53.1 Å². The molecule has 28 heavy (non-hydrogen) atoms. The van der Waals surface area contributed by atoms with Gasteiger partial charge in [0.15, 0.2) is 11.5 Å². The Labute approximate surface area is 159 Å². The first-order valence-corrected chi connectivity index (χ1v) is 8.04. The molecule has 0 aliphatic carbocycles. The van der Waals surface area contributed by atoms with Gasteiger partial charge < -0.3 is 20.4 Å². The highest BCUT2D eigenvalue weighted by atomic mass is 16.5. The van der Waals surface area contributed by atoms with E-state index < -0.39 is 41.0 Å². The summed E-state index contributed by atoms with van der Waals surface area (Å²) in [5.74, 6) is -4.81. The maximum atomic E-state index is 12.2. The van der Waals surface area contributed by atoms with E-state index in [1.807, 2.05) is 6.07 Å². The summed E-state index contributed by atoms with van der Waals surface area (Å²) in [6.45, 7) is 0. The second-order valence-electron chi connectivity index (χ2n) is 6.28. The number of aliphatic hydroxyl groups is 1. The number of nitriles is 1. The molecule has 0 radical (unpaired) electrons. The van der Waals surface area contributed by atoms with Crippen molar-refractivity contribution < 1.29 is 35.2 Å². The minimum atomic E-state index is -2.16. The Morgan fingerprint density at radius 1 is 1.07 bits per heavy atom. The zero-order valence-corrected chi connectivity index (χ0v) is 14.8. The maximum absolute atomic E-state index is 12.2. The second kappa shape index (κ2) is 7.96. The standard InChI is InChI=1S/C19H18N2O7/c1-21(28)18(26)15(23)9-19(27,8-11-2-4-12(10-20)5-3-11)13-6-7-14(22)17(25)16(13)24/h2-7,22,24-25,27-28H,8-9H2,1H3. The van der Waals surface area contributed by atoms with Crippen LogP contribution in [0.1, 0.15) is 23.1 Å². The highest BCUT2D eigenvalue weighted by molar-refractivity contribution is 6.35. The van der Waals surface area contributed by atoms with E-state index in [9.17, 15) is 30.0 Å². The predicted molar refractivity (Wildman–Crippen MR) is 94.4 cm³/mol. The first-order valence-electron chi connectivity index (χ1n) is 8.04. The van der Waals surface area contributed by atoms with Crippen LogP contribution in [0, 0.1) is 11.3 Å². The van der Waals surface area contributed by atoms with Crippen LogP contribution in [0.3, 0.4) is 0 Å². The van der Waals surface area contributed by atoms with Gasteiger partial charge in [-0.3, -0.25) is 14.8 Å². The Morgan fingerprint density at radius 3 is 2.21 bits per heavy atom. The van der Waals surface area contributed by atoms with Crippen molar-refractivity contribution in [2.75, 3.05) is 7.05 Å². The Hall–Kier alpha value is -3.61. The van der Waals surface area contributed by atoms with Gasteiger partial charge in [0.2, 0.25) is 11.5 Å². The number of benzene rings is 2. The second-order valence-corrected chi connectivity index (χ2v) is 6.28. The summed E-state index contributed by atoms with van der Waals surface area (Å²) in [4.78, 5) is 23.9. The van der Waals surface area contributed by atoms with Crippen molar-refractivity contribution in [3.63, 3.8) is 0 Å². The molecule has 9 heteroatoms. The predicted octanol–water partition coefficient (Wildman–Crippen LogP) is 0.912. The number of Topliss-reactive ketones (excluding diaryl/α,β-unsaturated/α-hetero) is 1. The van der Waals surface area contributed by atoms with Crippen molar-refractivity contribution in [1.29, 1.82) is 5.26 Å². The van der Waals surface area contributed by atoms with Crippen LogP contribution in [0.25, 0.3) is 0 Å². The number of rotatable bonds is 6. The van der Waals surface area contributed by atoms with Crippen LogP contribution in [0.15, 0.2) is 36.4 Å². The lowest BCUT2D eigenvalue weighted by Gasteiger charge is -2.29. The van der Waals surface area contributed by atoms with E-state index in [0.717, 1.165) is 19.2 Å². The van der Waals surface area contributed by atoms with E-state index in [1.54, 1.807) is 0 Å². The number of nitrogens with zero attached hydrogens (tertiary/aromatic N) is 2. The number of carbonyl (C=O) groups is 2. The van der Waals surface area contributed by atoms with Crippen LogP contribution >= 0.6 is 0 Å². The third-order valence-corrected chi connectivity index (χ3v) is 4.20. The van der Waals surface area contributed by atoms with E-state index in [2.05, 4.69) is 0 Å². The number of hydrogen-bond donors (Lipinski definition) is 5. The van der Waals surface area contributed by atoms with Gasteiger partial charge in [-0.25, -0.2) is 5.06 Å². The largest absolute Gasteiger partial charge is 0.504 e. The molecule has 0 fully saturated rings. The van der Waals surface area contributed by atoms with Crippen molar-refractivity contribution in [3.8, 4) is 23.3 Å². The number of hydrogen-bond acceptors (Lipinski definition) is 8. The molecule has 0 aliphatic heterocycles. The lowest BCUT2D eigenvalue weighted by Crippen LogP contribution is -2.38. The number of likely N-dealkylation sites (N-methyl/N-ethyl adjacent to an activating group) is 1. The summed E-state index contributed by atoms with van der Waals surface area (Å²) >= 11 is 0. The number of aromatic hydroxyl groups is 3. The molecule has 0 spiro atoms. The highest BCUT2D eigenvalue weighted by Crippen LogP contribution is 2.44. The maximum Gasteiger partial charge on any atom is 0.313 e. The van der Waals surface area contributed by atoms with Crippen LogP contribution in [-0.4, -0.2) is 49.4 Å². The summed E-state index contributed by atoms with van der Waals surface area (Å²) in [5.41, 5.74) is -1.63. The number of phenolic OH excluding ortho intramolecular Hbond substituents is 3. The number of carbonyl (C=O) groups excluding carboxylic acids is 2. The molecule has 2 aromatic rings. The number of hydroxylamine groups is 2. The lowest BCUT2D eigenvalue weighted by atomic mass is 9.82. The van der Waals surface area contributed by atoms with Crippen molar-refractivity contribution in [2.45, 2.75) is 18.4 Å². The molecule has 0 saturated heterocycles. The number of phenols is 3. The molecule has 146 valence electrons. The summed E-state index contributed by atoms with van der Waals surface area (Å²) in [6.07, 6.45) is -1.10. The summed E-state index contributed by atoms with van der Waals surface area (Å²) in [6, 6.07) is 10.1. The molecule has 0 aromatic heterocycles. The van der Waals surface area contributed by atoms with Crippen LogP contribution < -0.4 is 0 Å². The van der Waals surface area contributed by atoms with Gasteiger partial charge in [0.1, 0.15) is 5.60 Å².